The van der Waals surface area contributed by atoms with Gasteiger partial charge in [0.15, 0.2) is 5.03 Å². The number of hydrazine groups is 1. The van der Waals surface area contributed by atoms with Crippen LogP contribution in [0.2, 0.25) is 0 Å². The number of hydrogen-bond acceptors (Lipinski definition) is 10. The van der Waals surface area contributed by atoms with Gasteiger partial charge in [-0.05, 0) is 44.1 Å². The number of carbonyl (C=O) groups is 6. The van der Waals surface area contributed by atoms with Crippen molar-refractivity contribution in [2.24, 2.45) is 10.7 Å². The van der Waals surface area contributed by atoms with Crippen LogP contribution in [0.1, 0.15) is 50.5 Å². The molecule has 0 radical (unpaired) electrons. The Hall–Kier alpha value is -5.49. The highest BCUT2D eigenvalue weighted by Crippen LogP contribution is 2.07. The highest BCUT2D eigenvalue weighted by atomic mass is 16.7. The van der Waals surface area contributed by atoms with Crippen LogP contribution in [-0.4, -0.2) is 89.5 Å². The van der Waals surface area contributed by atoms with Gasteiger partial charge in [0.05, 0.1) is 6.54 Å². The lowest BCUT2D eigenvalue weighted by Crippen LogP contribution is -2.53. The number of unbranched alkanes of at least 4 members (excludes halogenated alkanes) is 1. The fourth-order valence-corrected chi connectivity index (χ4v) is 4.21. The summed E-state index contributed by atoms with van der Waals surface area (Å²) in [6.07, 6.45) is 0.609. The lowest BCUT2D eigenvalue weighted by molar-refractivity contribution is -0.525. The monoisotopic (exact) mass is 649 g/mol. The number of amides is 5. The molecule has 1 fully saturated rings. The van der Waals surface area contributed by atoms with Crippen LogP contribution in [-0.2, 0) is 35.3 Å². The predicted octanol–water partition coefficient (Wildman–Crippen LogP) is -1.59. The van der Waals surface area contributed by atoms with Gasteiger partial charge in [-0.3, -0.25) is 19.2 Å². The number of ether oxygens (including phenoxy) is 1. The highest BCUT2D eigenvalue weighted by molar-refractivity contribution is 5.94. The summed E-state index contributed by atoms with van der Waals surface area (Å²) >= 11 is 0. The van der Waals surface area contributed by atoms with Crippen molar-refractivity contribution in [3.63, 3.8) is 0 Å². The second kappa shape index (κ2) is 19.7. The molecule has 5 amide bonds. The maximum atomic E-state index is 13.1. The molecule has 0 aromatic heterocycles. The van der Waals surface area contributed by atoms with Crippen LogP contribution in [0.4, 0.5) is 4.79 Å². The Morgan fingerprint density at radius 2 is 1.78 bits per heavy atom. The van der Waals surface area contributed by atoms with Crippen molar-refractivity contribution in [1.82, 2.24) is 32.0 Å². The minimum absolute atomic E-state index is 0.0602. The van der Waals surface area contributed by atoms with Crippen molar-refractivity contribution in [2.45, 2.75) is 69.7 Å². The maximum Gasteiger partial charge on any atom is 0.407 e. The Labute approximate surface area is 263 Å². The number of rotatable bonds is 19. The van der Waals surface area contributed by atoms with Gasteiger partial charge in [0, 0.05) is 19.5 Å². The molecular weight excluding hydrogens is 610 g/mol. The van der Waals surface area contributed by atoms with E-state index in [9.17, 15) is 44.0 Å². The zero-order chi connectivity index (χ0) is 33.9. The van der Waals surface area contributed by atoms with E-state index in [2.05, 4.69) is 31.6 Å². The van der Waals surface area contributed by atoms with Gasteiger partial charge in [0.2, 0.25) is 23.6 Å². The first-order valence-corrected chi connectivity index (χ1v) is 14.5. The molecule has 1 aromatic carbocycles. The Kier molecular flexibility index (Phi) is 15.7. The molecule has 0 aliphatic carbocycles. The molecule has 1 aliphatic rings. The Bertz CT molecular complexity index is 1260. The van der Waals surface area contributed by atoms with E-state index < -0.39 is 65.4 Å². The average Bonchev–Trinajstić information content (AvgIpc) is 3.45. The molecule has 1 aromatic rings. The molecule has 2 rings (SSSR count). The molecule has 19 nitrogen and oxygen atoms in total. The second-order valence-electron chi connectivity index (χ2n) is 10.2. The molecule has 0 saturated carbocycles. The third kappa shape index (κ3) is 14.8. The number of aliphatic carboxylic acids is 1. The van der Waals surface area contributed by atoms with E-state index in [0.29, 0.717) is 12.8 Å². The Morgan fingerprint density at radius 1 is 1.07 bits per heavy atom. The molecule has 0 bridgehead atoms. The van der Waals surface area contributed by atoms with E-state index in [1.807, 2.05) is 18.2 Å². The van der Waals surface area contributed by atoms with Crippen LogP contribution in [0, 0.1) is 10.1 Å². The summed E-state index contributed by atoms with van der Waals surface area (Å²) in [7, 11) is 0. The van der Waals surface area contributed by atoms with Gasteiger partial charge in [-0.15, -0.1) is 0 Å². The summed E-state index contributed by atoms with van der Waals surface area (Å²) in [4.78, 5) is 87.1. The highest BCUT2D eigenvalue weighted by Gasteiger charge is 2.29. The number of carboxylic acid groups (broad SMARTS) is 1. The predicted molar refractivity (Wildman–Crippen MR) is 160 cm³/mol. The number of nitro groups is 1. The van der Waals surface area contributed by atoms with Crippen LogP contribution in [0.15, 0.2) is 35.3 Å². The van der Waals surface area contributed by atoms with E-state index in [1.54, 1.807) is 17.6 Å². The van der Waals surface area contributed by atoms with Crippen LogP contribution in [0.25, 0.3) is 0 Å². The first kappa shape index (κ1) is 36.7. The topological polar surface area (TPSA) is 286 Å². The number of nitrogens with one attached hydrogen (secondary N) is 6. The van der Waals surface area contributed by atoms with Crippen LogP contribution < -0.4 is 37.7 Å². The molecule has 9 N–H and O–H groups in total. The largest absolute Gasteiger partial charge is 0.480 e. The lowest BCUT2D eigenvalue weighted by atomic mass is 10.1. The molecule has 1 heterocycles. The minimum Gasteiger partial charge on any atom is -0.480 e. The quantitative estimate of drug-likeness (QED) is 0.0277. The van der Waals surface area contributed by atoms with Crippen molar-refractivity contribution in [3.8, 4) is 0 Å². The number of hydrogen-bond donors (Lipinski definition) is 8. The van der Waals surface area contributed by atoms with Gasteiger partial charge in [0.1, 0.15) is 24.7 Å². The van der Waals surface area contributed by atoms with Crippen molar-refractivity contribution in [2.75, 3.05) is 19.6 Å². The molecule has 0 unspecified atom stereocenters. The fraction of sp³-hybridized carbons (Fsp3) is 0.519. The Morgan fingerprint density at radius 3 is 2.43 bits per heavy atom. The number of guanidine groups is 1. The maximum absolute atomic E-state index is 13.1. The number of nitrogens with two attached hydrogens (primary N) is 1. The van der Waals surface area contributed by atoms with Crippen LogP contribution in [0.3, 0.4) is 0 Å². The number of alkyl carbamates (subject to hydrolysis) is 1. The lowest BCUT2D eigenvalue weighted by Gasteiger charge is -2.22. The van der Waals surface area contributed by atoms with Crippen LogP contribution >= 0.6 is 0 Å². The van der Waals surface area contributed by atoms with E-state index in [-0.39, 0.29) is 57.7 Å². The normalized spacial score (nSPS) is 15.4. The summed E-state index contributed by atoms with van der Waals surface area (Å²) in [5.74, 6) is -4.20. The van der Waals surface area contributed by atoms with Gasteiger partial charge >= 0.3 is 12.1 Å². The number of nitrogens with zero attached hydrogens (tertiary/aromatic N) is 2. The van der Waals surface area contributed by atoms with Gasteiger partial charge in [-0.25, -0.2) is 24.7 Å². The number of aliphatic imine (C=N–C) groups is 1. The van der Waals surface area contributed by atoms with E-state index in [0.717, 1.165) is 5.56 Å². The average molecular weight is 650 g/mol. The summed E-state index contributed by atoms with van der Waals surface area (Å²) in [6, 6.07) is 5.74. The number of carboxylic acids is 1. The first-order valence-electron chi connectivity index (χ1n) is 14.5. The molecule has 46 heavy (non-hydrogen) atoms. The minimum atomic E-state index is -1.38. The first-order chi connectivity index (χ1) is 21.9. The van der Waals surface area contributed by atoms with E-state index in [1.165, 1.54) is 0 Å². The summed E-state index contributed by atoms with van der Waals surface area (Å²) in [5, 5.41) is 31.4. The molecular formula is C27H39N9O10. The van der Waals surface area contributed by atoms with Gasteiger partial charge < -0.3 is 42.2 Å². The Balaban J connectivity index is 1.90. The molecule has 1 saturated heterocycles. The smallest absolute Gasteiger partial charge is 0.407 e. The van der Waals surface area contributed by atoms with E-state index >= 15 is 0 Å². The molecule has 0 spiro atoms. The SMILES string of the molecule is NC(=NCCC[C@@H](NC(=O)[C@H](CCCCNC(=O)OCc1ccccc1)NC(=O)CNC(=O)[C@@H]1CCC(=O)N1)C(=O)O)N[N+](=O)[O-]. The standard InChI is InChI=1S/C27H39N9O10/c28-26(35-36(44)45)29-14-6-10-20(25(41)42)34-24(40)18(33-22(38)15-31-23(39)19-11-12-21(37)32-19)9-4-5-13-30-27(43)46-16-17-7-2-1-3-8-17/h1-3,7-8,18-20H,4-6,9-16H2,(H,30,43)(H,31,39)(H,32,37)(H,33,38)(H,34,40)(H,41,42)(H3,28,29,35)/t18-,19-,20+/m0/s1. The van der Waals surface area contributed by atoms with Crippen molar-refractivity contribution >= 4 is 41.7 Å². The molecule has 19 heteroatoms. The molecule has 252 valence electrons. The molecule has 3 atom stereocenters. The summed E-state index contributed by atoms with van der Waals surface area (Å²) < 4.78 is 5.14. The number of carbonyl (C=O) groups excluding carboxylic acids is 5. The summed E-state index contributed by atoms with van der Waals surface area (Å²) in [6.45, 7) is -0.269. The number of benzene rings is 1. The summed E-state index contributed by atoms with van der Waals surface area (Å²) in [5.41, 5.74) is 7.79. The van der Waals surface area contributed by atoms with Crippen molar-refractivity contribution in [3.05, 3.63) is 46.0 Å². The van der Waals surface area contributed by atoms with Gasteiger partial charge in [-0.2, -0.15) is 0 Å². The third-order valence-corrected chi connectivity index (χ3v) is 6.54. The van der Waals surface area contributed by atoms with Crippen molar-refractivity contribution < 1.29 is 43.6 Å². The third-order valence-electron chi connectivity index (χ3n) is 6.54. The van der Waals surface area contributed by atoms with E-state index in [4.69, 9.17) is 10.5 Å². The molecule has 1 aliphatic heterocycles. The van der Waals surface area contributed by atoms with Gasteiger partial charge in [0.25, 0.3) is 5.96 Å². The fourth-order valence-electron chi connectivity index (χ4n) is 4.21. The zero-order valence-electron chi connectivity index (χ0n) is 25.0. The second-order valence-corrected chi connectivity index (χ2v) is 10.2. The zero-order valence-corrected chi connectivity index (χ0v) is 25.0. The van der Waals surface area contributed by atoms with Crippen LogP contribution in [0.5, 0.6) is 0 Å². The van der Waals surface area contributed by atoms with Crippen molar-refractivity contribution in [1.29, 1.82) is 0 Å². The van der Waals surface area contributed by atoms with Gasteiger partial charge in [-0.1, -0.05) is 35.8 Å².